The van der Waals surface area contributed by atoms with E-state index in [1.165, 1.54) is 18.2 Å². The molecule has 1 aliphatic carbocycles. The van der Waals surface area contributed by atoms with Crippen LogP contribution >= 0.6 is 0 Å². The summed E-state index contributed by atoms with van der Waals surface area (Å²) in [5.74, 6) is 1.17. The molecule has 8 nitrogen and oxygen atoms in total. The fourth-order valence-corrected chi connectivity index (χ4v) is 3.25. The lowest BCUT2D eigenvalue weighted by molar-refractivity contribution is -0.385. The van der Waals surface area contributed by atoms with Crippen molar-refractivity contribution >= 4 is 5.69 Å². The van der Waals surface area contributed by atoms with Crippen LogP contribution in [0.5, 0.6) is 5.75 Å². The number of fused-ring (bicyclic) bond motifs is 1. The minimum Gasteiger partial charge on any atom is -0.508 e. The summed E-state index contributed by atoms with van der Waals surface area (Å²) in [6.07, 6.45) is 2.71. The molecule has 0 amide bonds. The second-order valence-electron chi connectivity index (χ2n) is 6.68. The summed E-state index contributed by atoms with van der Waals surface area (Å²) < 4.78 is 0. The average molecular weight is 342 g/mol. The number of aromatic nitrogens is 2. The van der Waals surface area contributed by atoms with Crippen molar-refractivity contribution in [3.05, 3.63) is 61.3 Å². The Bertz CT molecular complexity index is 904. The van der Waals surface area contributed by atoms with Crippen LogP contribution in [-0.2, 0) is 19.5 Å². The van der Waals surface area contributed by atoms with E-state index in [0.717, 1.165) is 29.9 Å². The van der Waals surface area contributed by atoms with Crippen LogP contribution in [0.2, 0.25) is 0 Å². The Hall–Kier alpha value is -2.74. The number of phenolic OH excluding ortho intramolecular Hbond substituents is 1. The summed E-state index contributed by atoms with van der Waals surface area (Å²) in [6.45, 7) is 1.52. The number of benzene rings is 1. The largest absolute Gasteiger partial charge is 0.508 e. The first-order chi connectivity index (χ1) is 12.0. The summed E-state index contributed by atoms with van der Waals surface area (Å²) in [5.41, 5.74) is 1.91. The summed E-state index contributed by atoms with van der Waals surface area (Å²) in [5, 5.41) is 20.9. The van der Waals surface area contributed by atoms with Crippen molar-refractivity contribution in [1.82, 2.24) is 14.9 Å². The molecule has 2 N–H and O–H groups in total. The molecular weight excluding hydrogens is 324 g/mol. The van der Waals surface area contributed by atoms with E-state index in [2.05, 4.69) is 9.97 Å². The van der Waals surface area contributed by atoms with Crippen molar-refractivity contribution in [2.75, 3.05) is 6.54 Å². The highest BCUT2D eigenvalue weighted by Crippen LogP contribution is 2.38. The predicted octanol–water partition coefficient (Wildman–Crippen LogP) is 1.82. The van der Waals surface area contributed by atoms with Gasteiger partial charge in [-0.25, -0.2) is 4.98 Å². The smallest absolute Gasteiger partial charge is 0.270 e. The van der Waals surface area contributed by atoms with Gasteiger partial charge in [0.25, 0.3) is 11.2 Å². The van der Waals surface area contributed by atoms with Gasteiger partial charge in [-0.2, -0.15) is 0 Å². The molecule has 0 unspecified atom stereocenters. The molecule has 0 saturated heterocycles. The third-order valence-electron chi connectivity index (χ3n) is 4.80. The van der Waals surface area contributed by atoms with Gasteiger partial charge in [-0.05, 0) is 25.3 Å². The molecule has 1 fully saturated rings. The van der Waals surface area contributed by atoms with E-state index in [4.69, 9.17) is 0 Å². The van der Waals surface area contributed by atoms with E-state index in [1.807, 2.05) is 4.90 Å². The second-order valence-corrected chi connectivity index (χ2v) is 6.68. The highest BCUT2D eigenvalue weighted by molar-refractivity contribution is 5.43. The predicted molar refractivity (Wildman–Crippen MR) is 89.4 cm³/mol. The quantitative estimate of drug-likeness (QED) is 0.647. The number of nitro groups is 1. The number of hydrogen-bond acceptors (Lipinski definition) is 6. The number of nitrogens with one attached hydrogen (secondary N) is 1. The maximum atomic E-state index is 12.2. The summed E-state index contributed by atoms with van der Waals surface area (Å²) in [6, 6.07) is 4.03. The SMILES string of the molecule is O=c1[nH]c(C2CC2)nc2c1CCN(Cc1cc([N+](=O)[O-])ccc1O)C2. The number of nitrogens with zero attached hydrogens (tertiary/aromatic N) is 3. The Balaban J connectivity index is 1.57. The standard InChI is InChI=1S/C17H18N4O4/c22-15-4-3-12(21(24)25)7-11(15)8-20-6-5-13-14(9-20)18-16(10-1-2-10)19-17(13)23/h3-4,7,10,22H,1-2,5-6,8-9H2,(H,18,19,23). The lowest BCUT2D eigenvalue weighted by atomic mass is 10.0. The average Bonchev–Trinajstić information content (AvgIpc) is 3.41. The van der Waals surface area contributed by atoms with E-state index in [-0.39, 0.29) is 17.0 Å². The molecule has 1 aliphatic heterocycles. The van der Waals surface area contributed by atoms with Crippen LogP contribution in [0.25, 0.3) is 0 Å². The Morgan fingerprint density at radius 1 is 1.40 bits per heavy atom. The number of aromatic amines is 1. The Morgan fingerprint density at radius 2 is 2.20 bits per heavy atom. The molecule has 1 aromatic heterocycles. The summed E-state index contributed by atoms with van der Waals surface area (Å²) in [4.78, 5) is 32.2. The van der Waals surface area contributed by atoms with Crippen molar-refractivity contribution in [3.63, 3.8) is 0 Å². The first-order valence-electron chi connectivity index (χ1n) is 8.32. The zero-order chi connectivity index (χ0) is 17.6. The van der Waals surface area contributed by atoms with Gasteiger partial charge in [-0.15, -0.1) is 0 Å². The lowest BCUT2D eigenvalue weighted by Crippen LogP contribution is -2.35. The first-order valence-corrected chi connectivity index (χ1v) is 8.32. The summed E-state index contributed by atoms with van der Waals surface area (Å²) in [7, 11) is 0. The van der Waals surface area contributed by atoms with Gasteiger partial charge < -0.3 is 10.1 Å². The van der Waals surface area contributed by atoms with E-state index >= 15 is 0 Å². The van der Waals surface area contributed by atoms with Gasteiger partial charge in [0.05, 0.1) is 10.6 Å². The molecule has 1 aromatic carbocycles. The Morgan fingerprint density at radius 3 is 2.92 bits per heavy atom. The number of aromatic hydroxyl groups is 1. The van der Waals surface area contributed by atoms with Crippen LogP contribution in [0, 0.1) is 10.1 Å². The van der Waals surface area contributed by atoms with Crippen molar-refractivity contribution in [3.8, 4) is 5.75 Å². The number of nitro benzene ring substituents is 1. The van der Waals surface area contributed by atoms with Gasteiger partial charge in [0.2, 0.25) is 0 Å². The molecule has 8 heteroatoms. The zero-order valence-corrected chi connectivity index (χ0v) is 13.6. The molecule has 1 saturated carbocycles. The molecule has 2 aliphatic rings. The van der Waals surface area contributed by atoms with Gasteiger partial charge in [0.15, 0.2) is 0 Å². The third kappa shape index (κ3) is 3.12. The number of non-ortho nitro benzene ring substituents is 1. The van der Waals surface area contributed by atoms with E-state index < -0.39 is 4.92 Å². The van der Waals surface area contributed by atoms with Crippen molar-refractivity contribution in [2.45, 2.75) is 38.3 Å². The van der Waals surface area contributed by atoms with Crippen molar-refractivity contribution in [2.24, 2.45) is 0 Å². The van der Waals surface area contributed by atoms with Gasteiger partial charge >= 0.3 is 0 Å². The summed E-state index contributed by atoms with van der Waals surface area (Å²) >= 11 is 0. The van der Waals surface area contributed by atoms with Crippen molar-refractivity contribution < 1.29 is 10.0 Å². The van der Waals surface area contributed by atoms with Gasteiger partial charge in [0, 0.05) is 48.8 Å². The molecule has 0 spiro atoms. The van der Waals surface area contributed by atoms with Crippen LogP contribution in [0.15, 0.2) is 23.0 Å². The molecule has 2 aromatic rings. The van der Waals surface area contributed by atoms with Crippen LogP contribution in [0.1, 0.15) is 41.4 Å². The van der Waals surface area contributed by atoms with E-state index in [1.54, 1.807) is 0 Å². The Labute approximate surface area is 143 Å². The molecule has 130 valence electrons. The molecular formula is C17H18N4O4. The molecule has 4 rings (SSSR count). The molecule has 2 heterocycles. The molecule has 0 bridgehead atoms. The fourth-order valence-electron chi connectivity index (χ4n) is 3.25. The van der Waals surface area contributed by atoms with E-state index in [0.29, 0.717) is 37.5 Å². The highest BCUT2D eigenvalue weighted by atomic mass is 16.6. The number of phenols is 1. The van der Waals surface area contributed by atoms with Crippen LogP contribution in [0.3, 0.4) is 0 Å². The highest BCUT2D eigenvalue weighted by Gasteiger charge is 2.29. The Kier molecular flexibility index (Phi) is 3.76. The maximum absolute atomic E-state index is 12.2. The minimum atomic E-state index is -0.475. The number of H-pyrrole nitrogens is 1. The van der Waals surface area contributed by atoms with Crippen molar-refractivity contribution in [1.29, 1.82) is 0 Å². The maximum Gasteiger partial charge on any atom is 0.270 e. The van der Waals surface area contributed by atoms with Gasteiger partial charge in [0.1, 0.15) is 11.6 Å². The lowest BCUT2D eigenvalue weighted by Gasteiger charge is -2.27. The monoisotopic (exact) mass is 342 g/mol. The van der Waals surface area contributed by atoms with Crippen LogP contribution in [0.4, 0.5) is 5.69 Å². The van der Waals surface area contributed by atoms with Crippen LogP contribution < -0.4 is 5.56 Å². The molecule has 0 atom stereocenters. The number of rotatable bonds is 4. The van der Waals surface area contributed by atoms with Crippen LogP contribution in [-0.4, -0.2) is 31.4 Å². The molecule has 25 heavy (non-hydrogen) atoms. The third-order valence-corrected chi connectivity index (χ3v) is 4.80. The van der Waals surface area contributed by atoms with Gasteiger partial charge in [-0.3, -0.25) is 19.8 Å². The number of hydrogen-bond donors (Lipinski definition) is 2. The first kappa shape index (κ1) is 15.8. The minimum absolute atomic E-state index is 0.0361. The second kappa shape index (κ2) is 5.96. The van der Waals surface area contributed by atoms with E-state index in [9.17, 15) is 20.0 Å². The zero-order valence-electron chi connectivity index (χ0n) is 13.6. The topological polar surface area (TPSA) is 112 Å². The fraction of sp³-hybridized carbons (Fsp3) is 0.412. The van der Waals surface area contributed by atoms with Gasteiger partial charge in [-0.1, -0.05) is 0 Å². The molecule has 0 radical (unpaired) electrons. The normalized spacial score (nSPS) is 17.3.